The second-order valence-corrected chi connectivity index (χ2v) is 7.96. The number of benzene rings is 2. The number of hydrogen-bond donors (Lipinski definition) is 1. The number of amides is 3. The predicted octanol–water partition coefficient (Wildman–Crippen LogP) is 3.72. The highest BCUT2D eigenvalue weighted by molar-refractivity contribution is 6.31. The molecule has 1 spiro atoms. The molecule has 5 nitrogen and oxygen atoms in total. The van der Waals surface area contributed by atoms with Gasteiger partial charge < -0.3 is 4.90 Å². The highest BCUT2D eigenvalue weighted by Crippen LogP contribution is 2.46. The number of halogens is 2. The summed E-state index contributed by atoms with van der Waals surface area (Å²) in [5, 5.41) is 2.64. The summed E-state index contributed by atoms with van der Waals surface area (Å²) in [6, 6.07) is 9.60. The Bertz CT molecular complexity index is 1040. The Labute approximate surface area is 172 Å². The second-order valence-electron chi connectivity index (χ2n) is 7.52. The van der Waals surface area contributed by atoms with Crippen LogP contribution in [-0.2, 0) is 28.1 Å². The average Bonchev–Trinajstić information content (AvgIpc) is 3.10. The first-order valence-electron chi connectivity index (χ1n) is 9.60. The molecule has 1 N–H and O–H groups in total. The molecule has 29 heavy (non-hydrogen) atoms. The molecule has 1 atom stereocenters. The summed E-state index contributed by atoms with van der Waals surface area (Å²) in [5.41, 5.74) is 0.378. The SMILES string of the molecule is CCCCc1ccc(CN2C(=O)c3ccc(Cl)cc3C23CC(=O)NC3=O)c(F)c1. The molecule has 150 valence electrons. The van der Waals surface area contributed by atoms with Gasteiger partial charge in [-0.3, -0.25) is 19.7 Å². The lowest BCUT2D eigenvalue weighted by molar-refractivity contribution is -0.129. The molecule has 0 radical (unpaired) electrons. The number of imide groups is 1. The number of carbonyl (C=O) groups excluding carboxylic acids is 3. The maximum absolute atomic E-state index is 14.8. The van der Waals surface area contributed by atoms with E-state index >= 15 is 0 Å². The van der Waals surface area contributed by atoms with E-state index in [0.29, 0.717) is 21.7 Å². The van der Waals surface area contributed by atoms with E-state index in [4.69, 9.17) is 11.6 Å². The normalized spacial score (nSPS) is 20.5. The minimum absolute atomic E-state index is 0.119. The third-order valence-electron chi connectivity index (χ3n) is 5.67. The van der Waals surface area contributed by atoms with Crippen molar-refractivity contribution < 1.29 is 18.8 Å². The minimum Gasteiger partial charge on any atom is -0.315 e. The van der Waals surface area contributed by atoms with Crippen LogP contribution in [0.4, 0.5) is 4.39 Å². The van der Waals surface area contributed by atoms with Crippen LogP contribution in [0.1, 0.15) is 53.2 Å². The van der Waals surface area contributed by atoms with Crippen LogP contribution in [0.15, 0.2) is 36.4 Å². The largest absolute Gasteiger partial charge is 0.315 e. The number of hydrogen-bond acceptors (Lipinski definition) is 3. The molecule has 4 rings (SSSR count). The van der Waals surface area contributed by atoms with Crippen LogP contribution in [-0.4, -0.2) is 22.6 Å². The van der Waals surface area contributed by atoms with E-state index in [1.54, 1.807) is 18.2 Å². The van der Waals surface area contributed by atoms with E-state index in [1.807, 2.05) is 6.07 Å². The third-order valence-corrected chi connectivity index (χ3v) is 5.91. The molecular formula is C22H20ClFN2O3. The van der Waals surface area contributed by atoms with Gasteiger partial charge >= 0.3 is 0 Å². The summed E-state index contributed by atoms with van der Waals surface area (Å²) >= 11 is 6.10. The molecule has 7 heteroatoms. The molecule has 1 unspecified atom stereocenters. The summed E-state index contributed by atoms with van der Waals surface area (Å²) < 4.78 is 14.8. The minimum atomic E-state index is -1.50. The van der Waals surface area contributed by atoms with E-state index in [1.165, 1.54) is 17.0 Å². The number of unbranched alkanes of at least 4 members (excludes halogenated alkanes) is 1. The zero-order valence-corrected chi connectivity index (χ0v) is 16.7. The monoisotopic (exact) mass is 414 g/mol. The Morgan fingerprint density at radius 3 is 2.62 bits per heavy atom. The van der Waals surface area contributed by atoms with Crippen molar-refractivity contribution in [1.29, 1.82) is 0 Å². The van der Waals surface area contributed by atoms with Gasteiger partial charge in [0.25, 0.3) is 11.8 Å². The topological polar surface area (TPSA) is 66.5 Å². The van der Waals surface area contributed by atoms with E-state index in [0.717, 1.165) is 24.8 Å². The maximum atomic E-state index is 14.8. The molecule has 2 aliphatic heterocycles. The summed E-state index contributed by atoms with van der Waals surface area (Å²) in [5.74, 6) is -1.91. The van der Waals surface area contributed by atoms with Crippen LogP contribution in [0.2, 0.25) is 5.02 Å². The quantitative estimate of drug-likeness (QED) is 0.758. The van der Waals surface area contributed by atoms with Gasteiger partial charge in [0.2, 0.25) is 5.91 Å². The molecule has 0 aliphatic carbocycles. The first-order chi connectivity index (χ1) is 13.9. The first-order valence-corrected chi connectivity index (χ1v) is 9.98. The number of fused-ring (bicyclic) bond motifs is 2. The lowest BCUT2D eigenvalue weighted by Crippen LogP contribution is -2.48. The smallest absolute Gasteiger partial charge is 0.257 e. The number of nitrogens with zero attached hydrogens (tertiary/aromatic N) is 1. The molecule has 0 bridgehead atoms. The molecule has 2 aromatic carbocycles. The van der Waals surface area contributed by atoms with E-state index < -0.39 is 29.1 Å². The summed E-state index contributed by atoms with van der Waals surface area (Å²) in [7, 11) is 0. The fourth-order valence-electron chi connectivity index (χ4n) is 4.16. The number of rotatable bonds is 5. The second kappa shape index (κ2) is 7.26. The average molecular weight is 415 g/mol. The van der Waals surface area contributed by atoms with Gasteiger partial charge in [-0.05, 0) is 42.7 Å². The van der Waals surface area contributed by atoms with Crippen molar-refractivity contribution >= 4 is 29.3 Å². The van der Waals surface area contributed by atoms with E-state index in [9.17, 15) is 18.8 Å². The number of nitrogens with one attached hydrogen (secondary N) is 1. The Morgan fingerprint density at radius 1 is 1.17 bits per heavy atom. The van der Waals surface area contributed by atoms with Crippen LogP contribution < -0.4 is 5.32 Å². The lowest BCUT2D eigenvalue weighted by Gasteiger charge is -2.32. The summed E-state index contributed by atoms with van der Waals surface area (Å²) in [6.45, 7) is 1.95. The van der Waals surface area contributed by atoms with Gasteiger partial charge in [-0.1, -0.05) is 37.1 Å². The van der Waals surface area contributed by atoms with Gasteiger partial charge in [-0.15, -0.1) is 0 Å². The molecule has 2 aliphatic rings. The van der Waals surface area contributed by atoms with Crippen LogP contribution in [0.3, 0.4) is 0 Å². The van der Waals surface area contributed by atoms with Crippen LogP contribution in [0.25, 0.3) is 0 Å². The Morgan fingerprint density at radius 2 is 1.97 bits per heavy atom. The molecule has 2 aromatic rings. The third kappa shape index (κ3) is 3.12. The van der Waals surface area contributed by atoms with Crippen molar-refractivity contribution in [2.24, 2.45) is 0 Å². The van der Waals surface area contributed by atoms with Gasteiger partial charge in [0, 0.05) is 21.7 Å². The summed E-state index contributed by atoms with van der Waals surface area (Å²) in [6.07, 6.45) is 2.55. The number of aryl methyl sites for hydroxylation is 1. The fourth-order valence-corrected chi connectivity index (χ4v) is 4.34. The van der Waals surface area contributed by atoms with E-state index in [2.05, 4.69) is 12.2 Å². The van der Waals surface area contributed by atoms with Gasteiger partial charge in [-0.2, -0.15) is 0 Å². The molecule has 1 saturated heterocycles. The first kappa shape index (κ1) is 19.6. The van der Waals surface area contributed by atoms with Crippen molar-refractivity contribution in [3.8, 4) is 0 Å². The molecule has 0 aromatic heterocycles. The zero-order chi connectivity index (χ0) is 20.8. The van der Waals surface area contributed by atoms with Gasteiger partial charge in [0.05, 0.1) is 13.0 Å². The molecule has 1 fully saturated rings. The fraction of sp³-hybridized carbons (Fsp3) is 0.318. The zero-order valence-electron chi connectivity index (χ0n) is 15.9. The standard InChI is InChI=1S/C22H20ClFN2O3/c1-2-3-4-13-5-6-14(18(24)9-13)12-26-20(28)16-8-7-15(23)10-17(16)22(26)11-19(27)25-21(22)29/h5-10H,2-4,11-12H2,1H3,(H,25,27,29). The van der Waals surface area contributed by atoms with Crippen molar-refractivity contribution in [3.05, 3.63) is 69.5 Å². The number of carbonyl (C=O) groups is 3. The van der Waals surface area contributed by atoms with Gasteiger partial charge in [-0.25, -0.2) is 4.39 Å². The summed E-state index contributed by atoms with van der Waals surface area (Å²) in [4.78, 5) is 39.3. The lowest BCUT2D eigenvalue weighted by atomic mass is 9.87. The van der Waals surface area contributed by atoms with Crippen molar-refractivity contribution in [1.82, 2.24) is 10.2 Å². The highest BCUT2D eigenvalue weighted by Gasteiger charge is 2.59. The van der Waals surface area contributed by atoms with E-state index in [-0.39, 0.29) is 13.0 Å². The predicted molar refractivity (Wildman–Crippen MR) is 106 cm³/mol. The van der Waals surface area contributed by atoms with Gasteiger partial charge in [0.1, 0.15) is 5.82 Å². The van der Waals surface area contributed by atoms with Crippen LogP contribution in [0.5, 0.6) is 0 Å². The van der Waals surface area contributed by atoms with Crippen LogP contribution >= 0.6 is 11.6 Å². The Hall–Kier alpha value is -2.73. The highest BCUT2D eigenvalue weighted by atomic mass is 35.5. The Kier molecular flexibility index (Phi) is 4.90. The van der Waals surface area contributed by atoms with Gasteiger partial charge in [0.15, 0.2) is 5.54 Å². The van der Waals surface area contributed by atoms with Crippen LogP contribution in [0, 0.1) is 5.82 Å². The molecule has 2 heterocycles. The van der Waals surface area contributed by atoms with Crippen molar-refractivity contribution in [2.75, 3.05) is 0 Å². The molecule has 0 saturated carbocycles. The van der Waals surface area contributed by atoms with Crippen molar-refractivity contribution in [3.63, 3.8) is 0 Å². The maximum Gasteiger partial charge on any atom is 0.257 e. The van der Waals surface area contributed by atoms with Crippen molar-refractivity contribution in [2.45, 2.75) is 44.7 Å². The molecule has 3 amide bonds. The Balaban J connectivity index is 1.74. The molecular weight excluding hydrogens is 395 g/mol.